The predicted octanol–water partition coefficient (Wildman–Crippen LogP) is 3.04. The van der Waals surface area contributed by atoms with Gasteiger partial charge in [-0.25, -0.2) is 4.79 Å². The van der Waals surface area contributed by atoms with E-state index in [4.69, 9.17) is 0 Å². The molecule has 1 aliphatic rings. The van der Waals surface area contributed by atoms with E-state index < -0.39 is 12.1 Å². The van der Waals surface area contributed by atoms with Crippen molar-refractivity contribution in [2.45, 2.75) is 20.0 Å². The van der Waals surface area contributed by atoms with Crippen LogP contribution in [0.2, 0.25) is 0 Å². The number of benzene rings is 2. The number of anilines is 2. The van der Waals surface area contributed by atoms with Gasteiger partial charge in [-0.2, -0.15) is 0 Å². The van der Waals surface area contributed by atoms with E-state index in [2.05, 4.69) is 0 Å². The molecule has 1 fully saturated rings. The Morgan fingerprint density at radius 3 is 1.68 bits per heavy atom. The van der Waals surface area contributed by atoms with Crippen molar-refractivity contribution in [3.8, 4) is 0 Å². The largest absolute Gasteiger partial charge is 0.478 e. The van der Waals surface area contributed by atoms with Crippen LogP contribution in [0, 0.1) is 13.8 Å². The van der Waals surface area contributed by atoms with E-state index in [9.17, 15) is 9.90 Å². The van der Waals surface area contributed by atoms with Gasteiger partial charge in [-0.1, -0.05) is 36.4 Å². The number of carbonyl (C=O) groups is 1. The summed E-state index contributed by atoms with van der Waals surface area (Å²) in [5.41, 5.74) is 4.18. The molecule has 0 amide bonds. The van der Waals surface area contributed by atoms with E-state index in [1.807, 2.05) is 72.2 Å². The minimum atomic E-state index is -0.816. The summed E-state index contributed by atoms with van der Waals surface area (Å²) in [7, 11) is 0. The Balaban J connectivity index is 2.01. The Kier molecular flexibility index (Phi) is 3.75. The molecule has 3 rings (SSSR count). The van der Waals surface area contributed by atoms with Crippen molar-refractivity contribution in [2.24, 2.45) is 0 Å². The predicted molar refractivity (Wildman–Crippen MR) is 88.5 cm³/mol. The number of para-hydroxylation sites is 2. The van der Waals surface area contributed by atoms with Crippen molar-refractivity contribution in [2.75, 3.05) is 22.9 Å². The fourth-order valence-electron chi connectivity index (χ4n) is 3.17. The highest BCUT2D eigenvalue weighted by molar-refractivity contribution is 5.84. The zero-order valence-electron chi connectivity index (χ0n) is 12.9. The standard InChI is InChI=1S/C18H20N2O2/c1-13-7-3-5-9-15(13)19-11-12-20(17(19)18(21)22)16-10-6-4-8-14(16)2/h3-10,17H,11-12H2,1-2H3,(H,21,22). The maximum atomic E-state index is 11.9. The van der Waals surface area contributed by atoms with E-state index in [1.54, 1.807) is 0 Å². The van der Waals surface area contributed by atoms with Crippen LogP contribution in [0.1, 0.15) is 11.1 Å². The van der Waals surface area contributed by atoms with Crippen molar-refractivity contribution in [3.63, 3.8) is 0 Å². The van der Waals surface area contributed by atoms with Crippen molar-refractivity contribution in [1.29, 1.82) is 0 Å². The maximum Gasteiger partial charge on any atom is 0.347 e. The molecule has 0 aromatic heterocycles. The molecule has 0 spiro atoms. The highest BCUT2D eigenvalue weighted by Gasteiger charge is 2.38. The molecule has 1 saturated heterocycles. The van der Waals surface area contributed by atoms with Crippen molar-refractivity contribution < 1.29 is 9.90 Å². The molecule has 0 saturated carbocycles. The van der Waals surface area contributed by atoms with Crippen molar-refractivity contribution in [1.82, 2.24) is 0 Å². The highest BCUT2D eigenvalue weighted by atomic mass is 16.4. The number of rotatable bonds is 3. The number of nitrogens with zero attached hydrogens (tertiary/aromatic N) is 2. The molecular weight excluding hydrogens is 276 g/mol. The zero-order valence-corrected chi connectivity index (χ0v) is 12.9. The monoisotopic (exact) mass is 296 g/mol. The molecule has 0 unspecified atom stereocenters. The summed E-state index contributed by atoms with van der Waals surface area (Å²) in [4.78, 5) is 15.9. The second kappa shape index (κ2) is 5.72. The average molecular weight is 296 g/mol. The van der Waals surface area contributed by atoms with Gasteiger partial charge in [-0.3, -0.25) is 0 Å². The lowest BCUT2D eigenvalue weighted by atomic mass is 10.1. The van der Waals surface area contributed by atoms with Crippen LogP contribution in [-0.4, -0.2) is 30.3 Å². The van der Waals surface area contributed by atoms with E-state index in [0.29, 0.717) is 13.1 Å². The minimum absolute atomic E-state index is 0.665. The van der Waals surface area contributed by atoms with Gasteiger partial charge in [-0.05, 0) is 37.1 Å². The van der Waals surface area contributed by atoms with Crippen LogP contribution in [-0.2, 0) is 4.79 Å². The molecule has 0 radical (unpaired) electrons. The van der Waals surface area contributed by atoms with Crippen LogP contribution in [0.25, 0.3) is 0 Å². The van der Waals surface area contributed by atoms with Gasteiger partial charge in [0, 0.05) is 24.5 Å². The Hall–Kier alpha value is -2.49. The second-order valence-electron chi connectivity index (χ2n) is 5.67. The van der Waals surface area contributed by atoms with Crippen molar-refractivity contribution in [3.05, 3.63) is 59.7 Å². The molecule has 1 N–H and O–H groups in total. The number of carboxylic acids is 1. The van der Waals surface area contributed by atoms with Crippen LogP contribution in [0.5, 0.6) is 0 Å². The first-order valence-electron chi connectivity index (χ1n) is 7.47. The molecule has 1 aliphatic heterocycles. The molecule has 0 atom stereocenters. The lowest BCUT2D eigenvalue weighted by molar-refractivity contribution is -0.138. The van der Waals surface area contributed by atoms with E-state index in [0.717, 1.165) is 22.5 Å². The van der Waals surface area contributed by atoms with Crippen LogP contribution < -0.4 is 9.80 Å². The third-order valence-corrected chi connectivity index (χ3v) is 4.24. The minimum Gasteiger partial charge on any atom is -0.478 e. The lowest BCUT2D eigenvalue weighted by Gasteiger charge is -2.31. The Morgan fingerprint density at radius 2 is 1.32 bits per heavy atom. The smallest absolute Gasteiger partial charge is 0.347 e. The Morgan fingerprint density at radius 1 is 0.909 bits per heavy atom. The molecule has 4 heteroatoms. The highest BCUT2D eigenvalue weighted by Crippen LogP contribution is 2.31. The number of hydrogen-bond donors (Lipinski definition) is 1. The first-order chi connectivity index (χ1) is 10.6. The Labute approximate surface area is 130 Å². The zero-order chi connectivity index (χ0) is 15.7. The van der Waals surface area contributed by atoms with Gasteiger partial charge in [-0.15, -0.1) is 0 Å². The SMILES string of the molecule is Cc1ccccc1N1CCN(c2ccccc2C)C1C(=O)O. The quantitative estimate of drug-likeness (QED) is 0.945. The molecular formula is C18H20N2O2. The molecule has 2 aromatic carbocycles. The molecule has 22 heavy (non-hydrogen) atoms. The maximum absolute atomic E-state index is 11.9. The summed E-state index contributed by atoms with van der Waals surface area (Å²) in [5, 5.41) is 9.78. The van der Waals surface area contributed by atoms with Crippen LogP contribution >= 0.6 is 0 Å². The van der Waals surface area contributed by atoms with Gasteiger partial charge >= 0.3 is 5.97 Å². The van der Waals surface area contributed by atoms with Gasteiger partial charge < -0.3 is 14.9 Å². The number of aliphatic carboxylic acids is 1. The summed E-state index contributed by atoms with van der Waals surface area (Å²) >= 11 is 0. The third-order valence-electron chi connectivity index (χ3n) is 4.24. The topological polar surface area (TPSA) is 43.8 Å². The van der Waals surface area contributed by atoms with Crippen molar-refractivity contribution >= 4 is 17.3 Å². The molecule has 114 valence electrons. The molecule has 0 bridgehead atoms. The average Bonchev–Trinajstić information content (AvgIpc) is 2.93. The summed E-state index contributed by atoms with van der Waals surface area (Å²) in [5.74, 6) is -0.816. The second-order valence-corrected chi connectivity index (χ2v) is 5.67. The third kappa shape index (κ3) is 2.41. The van der Waals surface area contributed by atoms with Gasteiger partial charge in [0.2, 0.25) is 6.17 Å². The van der Waals surface area contributed by atoms with Crippen LogP contribution in [0.15, 0.2) is 48.5 Å². The first-order valence-corrected chi connectivity index (χ1v) is 7.47. The van der Waals surface area contributed by atoms with E-state index in [1.165, 1.54) is 0 Å². The summed E-state index contributed by atoms with van der Waals surface area (Å²) < 4.78 is 0. The molecule has 4 nitrogen and oxygen atoms in total. The summed E-state index contributed by atoms with van der Waals surface area (Å²) in [6, 6.07) is 15.9. The van der Waals surface area contributed by atoms with E-state index in [-0.39, 0.29) is 0 Å². The fraction of sp³-hybridized carbons (Fsp3) is 0.278. The molecule has 0 aliphatic carbocycles. The van der Waals surface area contributed by atoms with Crippen LogP contribution in [0.3, 0.4) is 0 Å². The van der Waals surface area contributed by atoms with Gasteiger partial charge in [0.1, 0.15) is 0 Å². The Bertz CT molecular complexity index is 645. The normalized spacial score (nSPS) is 15.4. The number of aryl methyl sites for hydroxylation is 2. The van der Waals surface area contributed by atoms with Crippen LogP contribution in [0.4, 0.5) is 11.4 Å². The summed E-state index contributed by atoms with van der Waals surface area (Å²) in [6.45, 7) is 5.45. The molecule has 2 aromatic rings. The fourth-order valence-corrected chi connectivity index (χ4v) is 3.17. The summed E-state index contributed by atoms with van der Waals surface area (Å²) in [6.07, 6.45) is -0.665. The van der Waals surface area contributed by atoms with Gasteiger partial charge in [0.05, 0.1) is 0 Å². The number of hydrogen-bond acceptors (Lipinski definition) is 3. The first kappa shape index (κ1) is 14.4. The van der Waals surface area contributed by atoms with Gasteiger partial charge in [0.25, 0.3) is 0 Å². The molecule has 1 heterocycles. The number of carboxylic acid groups (broad SMARTS) is 1. The van der Waals surface area contributed by atoms with E-state index >= 15 is 0 Å². The lowest BCUT2D eigenvalue weighted by Crippen LogP contribution is -2.45. The van der Waals surface area contributed by atoms with Gasteiger partial charge in [0.15, 0.2) is 0 Å².